The summed E-state index contributed by atoms with van der Waals surface area (Å²) in [5, 5.41) is 8.09. The van der Waals surface area contributed by atoms with E-state index in [0.29, 0.717) is 57.1 Å². The molecule has 0 fully saturated rings. The molecule has 162 valence electrons. The van der Waals surface area contributed by atoms with Crippen molar-refractivity contribution >= 4 is 39.6 Å². The Morgan fingerprint density at radius 1 is 1.35 bits per heavy atom. The van der Waals surface area contributed by atoms with Crippen LogP contribution in [0.5, 0.6) is 0 Å². The van der Waals surface area contributed by atoms with Crippen LogP contribution < -0.4 is 5.32 Å². The summed E-state index contributed by atoms with van der Waals surface area (Å²) in [4.78, 5) is 26.5. The molecule has 0 aliphatic heterocycles. The Kier molecular flexibility index (Phi) is 5.63. The SMILES string of the molecule is CC(C)NC(=O)c1c[nH]c2ncc(-c3nn(CCN(C)C)c4cc(Cl)cc(F)c34)nc12. The summed E-state index contributed by atoms with van der Waals surface area (Å²) in [7, 11) is 3.91. The number of nitrogens with one attached hydrogen (secondary N) is 2. The van der Waals surface area contributed by atoms with E-state index in [2.05, 4.69) is 25.4 Å². The van der Waals surface area contributed by atoms with Crippen LogP contribution in [0.15, 0.2) is 24.5 Å². The Morgan fingerprint density at radius 3 is 2.84 bits per heavy atom. The van der Waals surface area contributed by atoms with Crippen LogP contribution in [0.25, 0.3) is 33.5 Å². The van der Waals surface area contributed by atoms with E-state index in [4.69, 9.17) is 11.6 Å². The second kappa shape index (κ2) is 8.24. The first-order chi connectivity index (χ1) is 14.7. The fourth-order valence-electron chi connectivity index (χ4n) is 3.39. The number of rotatable bonds is 6. The molecule has 31 heavy (non-hydrogen) atoms. The molecule has 8 nitrogen and oxygen atoms in total. The molecule has 0 unspecified atom stereocenters. The van der Waals surface area contributed by atoms with Gasteiger partial charge in [0.25, 0.3) is 5.91 Å². The van der Waals surface area contributed by atoms with E-state index < -0.39 is 5.82 Å². The number of likely N-dealkylation sites (N-methyl/N-ethyl adjacent to an activating group) is 1. The quantitative estimate of drug-likeness (QED) is 0.476. The number of halogens is 2. The van der Waals surface area contributed by atoms with Crippen LogP contribution in [-0.4, -0.2) is 62.2 Å². The minimum atomic E-state index is -0.484. The molecular weight excluding hydrogens is 421 g/mol. The molecule has 4 rings (SSSR count). The van der Waals surface area contributed by atoms with E-state index in [9.17, 15) is 9.18 Å². The molecule has 0 bridgehead atoms. The zero-order valence-electron chi connectivity index (χ0n) is 17.7. The predicted octanol–water partition coefficient (Wildman–Crippen LogP) is 3.47. The topological polar surface area (TPSA) is 91.7 Å². The molecule has 10 heteroatoms. The van der Waals surface area contributed by atoms with E-state index in [0.717, 1.165) is 0 Å². The maximum Gasteiger partial charge on any atom is 0.255 e. The molecule has 0 saturated heterocycles. The number of H-pyrrole nitrogens is 1. The summed E-state index contributed by atoms with van der Waals surface area (Å²) < 4.78 is 16.7. The molecular formula is C21H23ClFN7O. The molecule has 1 amide bonds. The second-order valence-electron chi connectivity index (χ2n) is 7.94. The van der Waals surface area contributed by atoms with Gasteiger partial charge in [0.1, 0.15) is 22.7 Å². The van der Waals surface area contributed by atoms with Gasteiger partial charge < -0.3 is 15.2 Å². The Labute approximate surface area is 183 Å². The van der Waals surface area contributed by atoms with Crippen LogP contribution in [0.3, 0.4) is 0 Å². The van der Waals surface area contributed by atoms with Crippen molar-refractivity contribution in [1.82, 2.24) is 34.9 Å². The highest BCUT2D eigenvalue weighted by molar-refractivity contribution is 6.31. The van der Waals surface area contributed by atoms with E-state index in [-0.39, 0.29) is 11.9 Å². The monoisotopic (exact) mass is 443 g/mol. The molecule has 4 aromatic rings. The lowest BCUT2D eigenvalue weighted by Crippen LogP contribution is -2.29. The lowest BCUT2D eigenvalue weighted by atomic mass is 10.1. The molecule has 1 aromatic carbocycles. The van der Waals surface area contributed by atoms with Crippen molar-refractivity contribution < 1.29 is 9.18 Å². The van der Waals surface area contributed by atoms with Crippen LogP contribution in [0, 0.1) is 5.82 Å². The van der Waals surface area contributed by atoms with Crippen molar-refractivity contribution in [3.63, 3.8) is 0 Å². The summed E-state index contributed by atoms with van der Waals surface area (Å²) in [6.45, 7) is 5.02. The van der Waals surface area contributed by atoms with Crippen molar-refractivity contribution in [3.8, 4) is 11.4 Å². The van der Waals surface area contributed by atoms with E-state index in [1.165, 1.54) is 12.3 Å². The second-order valence-corrected chi connectivity index (χ2v) is 8.38. The van der Waals surface area contributed by atoms with Gasteiger partial charge in [-0.2, -0.15) is 5.10 Å². The van der Waals surface area contributed by atoms with Crippen molar-refractivity contribution in [2.75, 3.05) is 20.6 Å². The van der Waals surface area contributed by atoms with E-state index >= 15 is 0 Å². The highest BCUT2D eigenvalue weighted by Crippen LogP contribution is 2.32. The molecule has 0 radical (unpaired) electrons. The number of nitrogens with zero attached hydrogens (tertiary/aromatic N) is 5. The summed E-state index contributed by atoms with van der Waals surface area (Å²) in [5.74, 6) is -0.741. The molecule has 0 atom stereocenters. The van der Waals surface area contributed by atoms with Crippen LogP contribution in [0.1, 0.15) is 24.2 Å². The standard InChI is InChI=1S/C21H23ClFN7O/c1-11(2)26-21(31)13-9-24-20-18(13)27-15(10-25-20)19-17-14(23)7-12(22)8-16(17)30(28-19)6-5-29(3)4/h7-11H,5-6H2,1-4H3,(H,24,25)(H,26,31). The fraction of sp³-hybridized carbons (Fsp3) is 0.333. The van der Waals surface area contributed by atoms with E-state index in [1.54, 1.807) is 16.9 Å². The van der Waals surface area contributed by atoms with Crippen LogP contribution >= 0.6 is 11.6 Å². The average molecular weight is 444 g/mol. The first-order valence-corrected chi connectivity index (χ1v) is 10.3. The van der Waals surface area contributed by atoms with Crippen molar-refractivity contribution in [1.29, 1.82) is 0 Å². The number of carbonyl (C=O) groups excluding carboxylic acids is 1. The summed E-state index contributed by atoms with van der Waals surface area (Å²) in [6, 6.07) is 2.93. The highest BCUT2D eigenvalue weighted by atomic mass is 35.5. The van der Waals surface area contributed by atoms with Gasteiger partial charge in [-0.05, 0) is 40.1 Å². The van der Waals surface area contributed by atoms with Crippen molar-refractivity contribution in [3.05, 3.63) is 40.9 Å². The molecule has 2 N–H and O–H groups in total. The van der Waals surface area contributed by atoms with Gasteiger partial charge in [-0.1, -0.05) is 11.6 Å². The fourth-order valence-corrected chi connectivity index (χ4v) is 3.58. The zero-order valence-corrected chi connectivity index (χ0v) is 18.5. The average Bonchev–Trinajstić information content (AvgIpc) is 3.26. The maximum atomic E-state index is 14.9. The largest absolute Gasteiger partial charge is 0.350 e. The summed E-state index contributed by atoms with van der Waals surface area (Å²) in [5.41, 5.74) is 2.56. The lowest BCUT2D eigenvalue weighted by molar-refractivity contribution is 0.0944. The number of carbonyl (C=O) groups is 1. The van der Waals surface area contributed by atoms with Crippen LogP contribution in [0.2, 0.25) is 5.02 Å². The third kappa shape index (κ3) is 4.11. The summed E-state index contributed by atoms with van der Waals surface area (Å²) in [6.07, 6.45) is 3.09. The first-order valence-electron chi connectivity index (χ1n) is 9.90. The third-order valence-electron chi connectivity index (χ3n) is 4.82. The Bertz CT molecular complexity index is 1280. The van der Waals surface area contributed by atoms with Crippen molar-refractivity contribution in [2.24, 2.45) is 0 Å². The van der Waals surface area contributed by atoms with Gasteiger partial charge in [0, 0.05) is 23.8 Å². The van der Waals surface area contributed by atoms with Gasteiger partial charge in [0.15, 0.2) is 5.65 Å². The number of aromatic nitrogens is 5. The number of hydrogen-bond acceptors (Lipinski definition) is 5. The number of fused-ring (bicyclic) bond motifs is 2. The predicted molar refractivity (Wildman–Crippen MR) is 119 cm³/mol. The Balaban J connectivity index is 1.87. The summed E-state index contributed by atoms with van der Waals surface area (Å²) >= 11 is 6.11. The van der Waals surface area contributed by atoms with Gasteiger partial charge >= 0.3 is 0 Å². The lowest BCUT2D eigenvalue weighted by Gasteiger charge is -2.10. The van der Waals surface area contributed by atoms with Gasteiger partial charge in [0.05, 0.1) is 29.2 Å². The van der Waals surface area contributed by atoms with Crippen LogP contribution in [-0.2, 0) is 6.54 Å². The first kappa shape index (κ1) is 21.2. The van der Waals surface area contributed by atoms with Gasteiger partial charge in [-0.15, -0.1) is 0 Å². The molecule has 3 aromatic heterocycles. The Morgan fingerprint density at radius 2 is 2.13 bits per heavy atom. The number of aromatic amines is 1. The molecule has 0 aliphatic rings. The Hall–Kier alpha value is -3.04. The third-order valence-corrected chi connectivity index (χ3v) is 5.03. The number of hydrogen-bond donors (Lipinski definition) is 2. The smallest absolute Gasteiger partial charge is 0.255 e. The van der Waals surface area contributed by atoms with Gasteiger partial charge in [-0.3, -0.25) is 9.48 Å². The minimum Gasteiger partial charge on any atom is -0.350 e. The molecule has 0 saturated carbocycles. The number of amides is 1. The molecule has 3 heterocycles. The van der Waals surface area contributed by atoms with Crippen LogP contribution in [0.4, 0.5) is 4.39 Å². The minimum absolute atomic E-state index is 0.0243. The molecule has 0 aliphatic carbocycles. The van der Waals surface area contributed by atoms with Crippen molar-refractivity contribution in [2.45, 2.75) is 26.4 Å². The van der Waals surface area contributed by atoms with Gasteiger partial charge in [0.2, 0.25) is 0 Å². The van der Waals surface area contributed by atoms with Gasteiger partial charge in [-0.25, -0.2) is 14.4 Å². The normalized spacial score (nSPS) is 11.9. The highest BCUT2D eigenvalue weighted by Gasteiger charge is 2.21. The number of benzene rings is 1. The van der Waals surface area contributed by atoms with E-state index in [1.807, 2.05) is 32.8 Å². The zero-order chi connectivity index (χ0) is 22.3. The molecule has 0 spiro atoms. The maximum absolute atomic E-state index is 14.9.